The molecule has 1 unspecified atom stereocenters. The van der Waals surface area contributed by atoms with E-state index in [1.54, 1.807) is 19.9 Å². The molecule has 0 bridgehead atoms. The van der Waals surface area contributed by atoms with E-state index in [0.717, 1.165) is 0 Å². The maximum absolute atomic E-state index is 12.1. The lowest BCUT2D eigenvalue weighted by atomic mass is 10.1. The SMILES string of the molecule is Cc1cc(NC(=O)C(C)N2CCC(S(N)(=O)=O)CC2)on1. The third-order valence-electron chi connectivity index (χ3n) is 3.74. The highest BCUT2D eigenvalue weighted by Crippen LogP contribution is 2.18. The number of nitrogens with two attached hydrogens (primary N) is 1. The molecule has 2 heterocycles. The number of piperidine rings is 1. The molecule has 1 aliphatic heterocycles. The summed E-state index contributed by atoms with van der Waals surface area (Å²) in [5.41, 5.74) is 0.687. The Labute approximate surface area is 123 Å². The molecule has 0 aliphatic carbocycles. The van der Waals surface area contributed by atoms with Gasteiger partial charge in [-0.15, -0.1) is 0 Å². The van der Waals surface area contributed by atoms with Gasteiger partial charge in [0.25, 0.3) is 0 Å². The van der Waals surface area contributed by atoms with Gasteiger partial charge in [-0.05, 0) is 26.7 Å². The molecule has 1 aromatic rings. The molecule has 9 heteroatoms. The number of carbonyl (C=O) groups excluding carboxylic acids is 1. The van der Waals surface area contributed by atoms with Gasteiger partial charge in [0.15, 0.2) is 0 Å². The lowest BCUT2D eigenvalue weighted by Gasteiger charge is -2.34. The lowest BCUT2D eigenvalue weighted by Crippen LogP contribution is -2.49. The summed E-state index contributed by atoms with van der Waals surface area (Å²) in [6.45, 7) is 4.58. The van der Waals surface area contributed by atoms with Crippen LogP contribution in [0.4, 0.5) is 5.88 Å². The van der Waals surface area contributed by atoms with Crippen LogP contribution in [-0.2, 0) is 14.8 Å². The van der Waals surface area contributed by atoms with Crippen molar-refractivity contribution in [1.29, 1.82) is 0 Å². The first-order chi connectivity index (χ1) is 9.77. The molecule has 0 saturated carbocycles. The minimum Gasteiger partial charge on any atom is -0.338 e. The van der Waals surface area contributed by atoms with Crippen molar-refractivity contribution in [3.63, 3.8) is 0 Å². The number of likely N-dealkylation sites (tertiary alicyclic amines) is 1. The summed E-state index contributed by atoms with van der Waals surface area (Å²) in [4.78, 5) is 14.0. The predicted octanol–water partition coefficient (Wildman–Crippen LogP) is 0.0629. The van der Waals surface area contributed by atoms with Crippen LogP contribution < -0.4 is 10.5 Å². The van der Waals surface area contributed by atoms with Crippen molar-refractivity contribution >= 4 is 21.8 Å². The second-order valence-electron chi connectivity index (χ2n) is 5.32. The Hall–Kier alpha value is -1.45. The first-order valence-electron chi connectivity index (χ1n) is 6.77. The monoisotopic (exact) mass is 316 g/mol. The quantitative estimate of drug-likeness (QED) is 0.811. The van der Waals surface area contributed by atoms with E-state index in [1.807, 2.05) is 4.90 Å². The molecule has 8 nitrogen and oxygen atoms in total. The fourth-order valence-corrected chi connectivity index (χ4v) is 3.27. The average Bonchev–Trinajstić information content (AvgIpc) is 2.82. The molecule has 0 aromatic carbocycles. The van der Waals surface area contributed by atoms with Crippen LogP contribution in [0.15, 0.2) is 10.6 Å². The standard InChI is InChI=1S/C12H20N4O4S/c1-8-7-11(20-15-8)14-12(17)9(2)16-5-3-10(4-6-16)21(13,18)19/h7,9-10H,3-6H2,1-2H3,(H,14,17)(H2,13,18,19). The van der Waals surface area contributed by atoms with E-state index >= 15 is 0 Å². The number of rotatable bonds is 4. The highest BCUT2D eigenvalue weighted by molar-refractivity contribution is 7.89. The number of primary sulfonamides is 1. The van der Waals surface area contributed by atoms with Crippen LogP contribution >= 0.6 is 0 Å². The van der Waals surface area contributed by atoms with Gasteiger partial charge in [0.05, 0.1) is 17.0 Å². The predicted molar refractivity (Wildman–Crippen MR) is 77.0 cm³/mol. The second-order valence-corrected chi connectivity index (χ2v) is 7.17. The van der Waals surface area contributed by atoms with Crippen molar-refractivity contribution < 1.29 is 17.7 Å². The van der Waals surface area contributed by atoms with Crippen LogP contribution in [0, 0.1) is 6.92 Å². The van der Waals surface area contributed by atoms with E-state index in [4.69, 9.17) is 9.66 Å². The lowest BCUT2D eigenvalue weighted by molar-refractivity contribution is -0.121. The largest absolute Gasteiger partial charge is 0.338 e. The van der Waals surface area contributed by atoms with Crippen LogP contribution in [0.25, 0.3) is 0 Å². The van der Waals surface area contributed by atoms with E-state index in [2.05, 4.69) is 10.5 Å². The van der Waals surface area contributed by atoms with Gasteiger partial charge in [-0.25, -0.2) is 13.6 Å². The molecular weight excluding hydrogens is 296 g/mol. The summed E-state index contributed by atoms with van der Waals surface area (Å²) >= 11 is 0. The molecule has 1 fully saturated rings. The zero-order valence-electron chi connectivity index (χ0n) is 12.1. The molecule has 0 spiro atoms. The Morgan fingerprint density at radius 3 is 2.62 bits per heavy atom. The van der Waals surface area contributed by atoms with Gasteiger partial charge in [-0.1, -0.05) is 5.16 Å². The molecule has 2 rings (SSSR count). The number of aryl methyl sites for hydroxylation is 1. The zero-order chi connectivity index (χ0) is 15.6. The van der Waals surface area contributed by atoms with Gasteiger partial charge in [0.1, 0.15) is 0 Å². The Balaban J connectivity index is 1.89. The fraction of sp³-hybridized carbons (Fsp3) is 0.667. The van der Waals surface area contributed by atoms with E-state index in [9.17, 15) is 13.2 Å². The van der Waals surface area contributed by atoms with Crippen LogP contribution in [0.5, 0.6) is 0 Å². The fourth-order valence-electron chi connectivity index (χ4n) is 2.41. The van der Waals surface area contributed by atoms with Crippen molar-refractivity contribution in [2.24, 2.45) is 5.14 Å². The van der Waals surface area contributed by atoms with Gasteiger partial charge in [0.2, 0.25) is 21.8 Å². The third-order valence-corrected chi connectivity index (χ3v) is 5.14. The van der Waals surface area contributed by atoms with E-state index in [0.29, 0.717) is 37.5 Å². The number of nitrogens with zero attached hydrogens (tertiary/aromatic N) is 2. The second kappa shape index (κ2) is 6.12. The highest BCUT2D eigenvalue weighted by Gasteiger charge is 2.31. The smallest absolute Gasteiger partial charge is 0.243 e. The Bertz CT molecular complexity index is 605. The van der Waals surface area contributed by atoms with Crippen LogP contribution in [0.3, 0.4) is 0 Å². The summed E-state index contributed by atoms with van der Waals surface area (Å²) in [6, 6.07) is 1.26. The van der Waals surface area contributed by atoms with Gasteiger partial charge in [0, 0.05) is 19.2 Å². The summed E-state index contributed by atoms with van der Waals surface area (Å²) in [5.74, 6) is 0.101. The van der Waals surface area contributed by atoms with Crippen molar-refractivity contribution in [2.45, 2.75) is 38.0 Å². The molecule has 1 atom stereocenters. The normalized spacial score (nSPS) is 19.4. The minimum absolute atomic E-state index is 0.208. The number of anilines is 1. The molecule has 1 saturated heterocycles. The zero-order valence-corrected chi connectivity index (χ0v) is 12.9. The van der Waals surface area contributed by atoms with Crippen molar-refractivity contribution in [2.75, 3.05) is 18.4 Å². The first kappa shape index (κ1) is 15.9. The van der Waals surface area contributed by atoms with E-state index < -0.39 is 15.3 Å². The molecule has 3 N–H and O–H groups in total. The van der Waals surface area contributed by atoms with Gasteiger partial charge in [-0.2, -0.15) is 0 Å². The number of carbonyl (C=O) groups is 1. The summed E-state index contributed by atoms with van der Waals surface area (Å²) < 4.78 is 27.5. The highest BCUT2D eigenvalue weighted by atomic mass is 32.2. The number of nitrogens with one attached hydrogen (secondary N) is 1. The van der Waals surface area contributed by atoms with E-state index in [1.165, 1.54) is 0 Å². The molecule has 0 radical (unpaired) electrons. The summed E-state index contributed by atoms with van der Waals surface area (Å²) in [6.07, 6.45) is 0.885. The number of sulfonamides is 1. The number of aromatic nitrogens is 1. The topological polar surface area (TPSA) is 119 Å². The number of hydrogen-bond acceptors (Lipinski definition) is 6. The Kier molecular flexibility index (Phi) is 4.64. The molecule has 118 valence electrons. The van der Waals surface area contributed by atoms with Crippen LogP contribution in [-0.4, -0.2) is 48.8 Å². The Morgan fingerprint density at radius 1 is 1.52 bits per heavy atom. The summed E-state index contributed by atoms with van der Waals surface area (Å²) in [5, 5.41) is 11.0. The Morgan fingerprint density at radius 2 is 2.14 bits per heavy atom. The first-order valence-corrected chi connectivity index (χ1v) is 8.38. The molecular formula is C12H20N4O4S. The van der Waals surface area contributed by atoms with Gasteiger partial charge >= 0.3 is 0 Å². The van der Waals surface area contributed by atoms with Gasteiger partial charge < -0.3 is 4.52 Å². The van der Waals surface area contributed by atoms with Gasteiger partial charge in [-0.3, -0.25) is 15.0 Å². The maximum atomic E-state index is 12.1. The number of hydrogen-bond donors (Lipinski definition) is 2. The van der Waals surface area contributed by atoms with Crippen molar-refractivity contribution in [3.8, 4) is 0 Å². The number of amides is 1. The van der Waals surface area contributed by atoms with Crippen LogP contribution in [0.2, 0.25) is 0 Å². The molecule has 1 aromatic heterocycles. The van der Waals surface area contributed by atoms with Crippen molar-refractivity contribution in [1.82, 2.24) is 10.1 Å². The van der Waals surface area contributed by atoms with Crippen LogP contribution in [0.1, 0.15) is 25.5 Å². The molecule has 21 heavy (non-hydrogen) atoms. The average molecular weight is 316 g/mol. The molecule has 1 amide bonds. The minimum atomic E-state index is -3.49. The maximum Gasteiger partial charge on any atom is 0.243 e. The summed E-state index contributed by atoms with van der Waals surface area (Å²) in [7, 11) is -3.49. The molecule has 1 aliphatic rings. The third kappa shape index (κ3) is 4.02. The van der Waals surface area contributed by atoms with Crippen molar-refractivity contribution in [3.05, 3.63) is 11.8 Å². The van der Waals surface area contributed by atoms with E-state index in [-0.39, 0.29) is 11.9 Å².